The van der Waals surface area contributed by atoms with E-state index >= 15 is 0 Å². The summed E-state index contributed by atoms with van der Waals surface area (Å²) in [6.45, 7) is 2.98. The summed E-state index contributed by atoms with van der Waals surface area (Å²) in [5.74, 6) is 0.742. The Balaban J connectivity index is 1.11. The largest absolute Gasteiger partial charge is 0.445 e. The van der Waals surface area contributed by atoms with Crippen molar-refractivity contribution >= 4 is 17.7 Å². The van der Waals surface area contributed by atoms with Crippen LogP contribution in [0.1, 0.15) is 62.5 Å². The van der Waals surface area contributed by atoms with Crippen LogP contribution in [0.5, 0.6) is 0 Å². The van der Waals surface area contributed by atoms with E-state index in [9.17, 15) is 24.8 Å². The van der Waals surface area contributed by atoms with Crippen LogP contribution in [0.2, 0.25) is 0 Å². The van der Waals surface area contributed by atoms with Gasteiger partial charge in [0.25, 0.3) is 5.69 Å². The number of aliphatic hydroxyl groups is 1. The highest BCUT2D eigenvalue weighted by Gasteiger charge is 2.52. The van der Waals surface area contributed by atoms with Gasteiger partial charge in [0, 0.05) is 50.3 Å². The monoisotopic (exact) mass is 590 g/mol. The van der Waals surface area contributed by atoms with E-state index in [0.29, 0.717) is 44.2 Å². The van der Waals surface area contributed by atoms with Crippen molar-refractivity contribution in [1.29, 1.82) is 0 Å². The molecule has 0 spiro atoms. The lowest BCUT2D eigenvalue weighted by Crippen LogP contribution is -2.55. The summed E-state index contributed by atoms with van der Waals surface area (Å²) in [5.41, 5.74) is 0.400. The molecule has 2 aromatic rings. The summed E-state index contributed by atoms with van der Waals surface area (Å²) in [5, 5.41) is 23.1. The van der Waals surface area contributed by atoms with Crippen molar-refractivity contribution in [2.45, 2.75) is 75.7 Å². The minimum Gasteiger partial charge on any atom is -0.445 e. The van der Waals surface area contributed by atoms with E-state index in [0.717, 1.165) is 56.9 Å². The Hall–Kier alpha value is -3.50. The maximum atomic E-state index is 13.4. The molecule has 4 aliphatic rings. The zero-order valence-electron chi connectivity index (χ0n) is 24.7. The molecule has 2 atom stereocenters. The fourth-order valence-electron chi connectivity index (χ4n) is 7.25. The van der Waals surface area contributed by atoms with Crippen LogP contribution in [0.15, 0.2) is 54.6 Å². The summed E-state index contributed by atoms with van der Waals surface area (Å²) in [7, 11) is 0. The second-order valence-electron chi connectivity index (χ2n) is 12.8. The van der Waals surface area contributed by atoms with Gasteiger partial charge in [-0.15, -0.1) is 0 Å². The summed E-state index contributed by atoms with van der Waals surface area (Å²) < 4.78 is 5.70. The van der Waals surface area contributed by atoms with Crippen LogP contribution >= 0.6 is 0 Å². The van der Waals surface area contributed by atoms with Gasteiger partial charge in [0.2, 0.25) is 5.91 Å². The Morgan fingerprint density at radius 3 is 2.28 bits per heavy atom. The van der Waals surface area contributed by atoms with E-state index in [1.165, 1.54) is 12.1 Å². The van der Waals surface area contributed by atoms with Gasteiger partial charge in [-0.3, -0.25) is 19.8 Å². The SMILES string of the molecule is O=C(C1CCCC1)N1C[C@H](N2CCC(N(CC3CC3)C(=O)OCc3ccc([N+](=O)[O-])cc3)CC2)[C@@](O)(c2ccccc2)C1. The van der Waals surface area contributed by atoms with Crippen molar-refractivity contribution < 1.29 is 24.4 Å². The maximum absolute atomic E-state index is 13.4. The molecule has 4 fully saturated rings. The molecule has 10 nitrogen and oxygen atoms in total. The molecule has 230 valence electrons. The second kappa shape index (κ2) is 12.6. The number of rotatable bonds is 9. The number of hydrogen-bond donors (Lipinski definition) is 1. The molecule has 43 heavy (non-hydrogen) atoms. The summed E-state index contributed by atoms with van der Waals surface area (Å²) in [4.78, 5) is 43.4. The quantitative estimate of drug-likeness (QED) is 0.333. The normalized spacial score (nSPS) is 25.1. The van der Waals surface area contributed by atoms with Gasteiger partial charge in [-0.2, -0.15) is 0 Å². The number of hydrogen-bond acceptors (Lipinski definition) is 7. The van der Waals surface area contributed by atoms with Crippen LogP contribution in [0.25, 0.3) is 0 Å². The van der Waals surface area contributed by atoms with Gasteiger partial charge in [0.1, 0.15) is 12.2 Å². The van der Waals surface area contributed by atoms with E-state index in [-0.39, 0.29) is 42.3 Å². The number of ether oxygens (including phenoxy) is 1. The Labute approximate surface area is 252 Å². The average molecular weight is 591 g/mol. The maximum Gasteiger partial charge on any atom is 0.410 e. The number of amides is 2. The number of likely N-dealkylation sites (tertiary alicyclic amines) is 2. The van der Waals surface area contributed by atoms with Crippen LogP contribution in [-0.2, 0) is 21.7 Å². The molecule has 2 saturated heterocycles. The molecule has 1 N–H and O–H groups in total. The molecule has 2 amide bonds. The molecule has 2 saturated carbocycles. The molecule has 0 bridgehead atoms. The summed E-state index contributed by atoms with van der Waals surface area (Å²) in [6.07, 6.45) is 7.46. The van der Waals surface area contributed by atoms with Gasteiger partial charge in [0.15, 0.2) is 0 Å². The van der Waals surface area contributed by atoms with E-state index in [1.807, 2.05) is 40.1 Å². The summed E-state index contributed by atoms with van der Waals surface area (Å²) in [6, 6.07) is 15.6. The lowest BCUT2D eigenvalue weighted by atomic mass is 9.86. The molecule has 2 aromatic carbocycles. The zero-order valence-corrected chi connectivity index (χ0v) is 24.7. The summed E-state index contributed by atoms with van der Waals surface area (Å²) >= 11 is 0. The Bertz CT molecular complexity index is 1290. The number of β-amino-alcohol motifs (C(OH)–C–C–N with tert-alkyl or cyclic N) is 1. The highest BCUT2D eigenvalue weighted by atomic mass is 16.6. The topological polar surface area (TPSA) is 116 Å². The van der Waals surface area contributed by atoms with Gasteiger partial charge >= 0.3 is 6.09 Å². The Morgan fingerprint density at radius 1 is 0.977 bits per heavy atom. The van der Waals surface area contributed by atoms with Gasteiger partial charge in [-0.25, -0.2) is 4.79 Å². The van der Waals surface area contributed by atoms with Crippen LogP contribution < -0.4 is 0 Å². The fraction of sp³-hybridized carbons (Fsp3) is 0.576. The second-order valence-corrected chi connectivity index (χ2v) is 12.8. The van der Waals surface area contributed by atoms with Crippen LogP contribution in [0.4, 0.5) is 10.5 Å². The Morgan fingerprint density at radius 2 is 1.65 bits per heavy atom. The Kier molecular flexibility index (Phi) is 8.68. The van der Waals surface area contributed by atoms with Crippen LogP contribution in [0, 0.1) is 22.0 Å². The number of carbonyl (C=O) groups is 2. The first-order valence-electron chi connectivity index (χ1n) is 15.8. The molecular weight excluding hydrogens is 548 g/mol. The number of carbonyl (C=O) groups excluding carboxylic acids is 2. The van der Waals surface area contributed by atoms with Crippen molar-refractivity contribution in [3.63, 3.8) is 0 Å². The van der Waals surface area contributed by atoms with E-state index in [1.54, 1.807) is 12.1 Å². The minimum absolute atomic E-state index is 0.00430. The molecule has 2 heterocycles. The molecule has 6 rings (SSSR count). The van der Waals surface area contributed by atoms with Gasteiger partial charge in [0.05, 0.1) is 17.5 Å². The first-order chi connectivity index (χ1) is 20.8. The standard InChI is InChI=1S/C33H42N4O6/c38-31(26-6-4-5-7-26)35-21-30(33(40,23-35)27-8-2-1-3-9-27)34-18-16-28(17-19-34)36(20-24-10-11-24)32(39)43-22-25-12-14-29(15-13-25)37(41)42/h1-3,8-9,12-15,24,26,28,30,40H,4-7,10-11,16-23H2/t30-,33-/m0/s1. The number of benzene rings is 2. The highest BCUT2D eigenvalue weighted by Crippen LogP contribution is 2.39. The van der Waals surface area contributed by atoms with E-state index < -0.39 is 10.5 Å². The number of non-ortho nitro benzene ring substituents is 1. The van der Waals surface area contributed by atoms with E-state index in [4.69, 9.17) is 4.74 Å². The third-order valence-corrected chi connectivity index (χ3v) is 9.94. The minimum atomic E-state index is -1.15. The molecule has 2 aliphatic carbocycles. The van der Waals surface area contributed by atoms with Crippen molar-refractivity contribution in [2.24, 2.45) is 11.8 Å². The number of nitrogens with zero attached hydrogens (tertiary/aromatic N) is 4. The van der Waals surface area contributed by atoms with Gasteiger partial charge < -0.3 is 19.6 Å². The molecule has 10 heteroatoms. The molecular formula is C33H42N4O6. The van der Waals surface area contributed by atoms with Crippen molar-refractivity contribution in [1.82, 2.24) is 14.7 Å². The molecule has 2 aliphatic heterocycles. The lowest BCUT2D eigenvalue weighted by molar-refractivity contribution is -0.384. The molecule has 0 unspecified atom stereocenters. The third kappa shape index (κ3) is 6.55. The number of nitro benzene ring substituents is 1. The first kappa shape index (κ1) is 29.6. The van der Waals surface area contributed by atoms with Crippen molar-refractivity contribution in [3.05, 3.63) is 75.8 Å². The number of nitro groups is 1. The zero-order chi connectivity index (χ0) is 30.0. The fourth-order valence-corrected chi connectivity index (χ4v) is 7.25. The average Bonchev–Trinajstić information content (AvgIpc) is 3.54. The highest BCUT2D eigenvalue weighted by molar-refractivity contribution is 5.79. The van der Waals surface area contributed by atoms with Crippen LogP contribution in [-0.4, -0.2) is 81.5 Å². The van der Waals surface area contributed by atoms with Crippen molar-refractivity contribution in [3.8, 4) is 0 Å². The lowest BCUT2D eigenvalue weighted by Gasteiger charge is -2.43. The van der Waals surface area contributed by atoms with Gasteiger partial charge in [-0.05, 0) is 67.7 Å². The predicted octanol–water partition coefficient (Wildman–Crippen LogP) is 4.70. The third-order valence-electron chi connectivity index (χ3n) is 9.94. The van der Waals surface area contributed by atoms with Gasteiger partial charge in [-0.1, -0.05) is 43.2 Å². The van der Waals surface area contributed by atoms with E-state index in [2.05, 4.69) is 4.90 Å². The predicted molar refractivity (Wildman–Crippen MR) is 160 cm³/mol. The van der Waals surface area contributed by atoms with Crippen LogP contribution in [0.3, 0.4) is 0 Å². The molecule has 0 radical (unpaired) electrons. The van der Waals surface area contributed by atoms with Crippen molar-refractivity contribution in [2.75, 3.05) is 32.7 Å². The number of piperidine rings is 1. The molecule has 0 aromatic heterocycles. The smallest absolute Gasteiger partial charge is 0.410 e. The first-order valence-corrected chi connectivity index (χ1v) is 15.8.